The fourth-order valence-electron chi connectivity index (χ4n) is 2.39. The number of fused-ring (bicyclic) bond motifs is 1. The third kappa shape index (κ3) is 3.55. The number of aromatic nitrogens is 2. The van der Waals surface area contributed by atoms with E-state index in [1.165, 1.54) is 14.0 Å². The highest BCUT2D eigenvalue weighted by atomic mass is 127. The van der Waals surface area contributed by atoms with Gasteiger partial charge in [0.15, 0.2) is 0 Å². The van der Waals surface area contributed by atoms with E-state index in [1.807, 2.05) is 6.07 Å². The molecular formula is C15H13Cl2IN2S. The molecule has 1 aromatic carbocycles. The molecule has 2 nitrogen and oxygen atoms in total. The fourth-order valence-corrected chi connectivity index (χ4v) is 4.11. The zero-order valence-corrected chi connectivity index (χ0v) is 15.6. The number of alkyl halides is 1. The van der Waals surface area contributed by atoms with Crippen LogP contribution in [0.1, 0.15) is 10.7 Å². The first-order valence-electron chi connectivity index (χ1n) is 6.62. The minimum atomic E-state index is 0.589. The number of benzene rings is 1. The van der Waals surface area contributed by atoms with Gasteiger partial charge in [-0.1, -0.05) is 11.6 Å². The molecule has 0 atom stereocenters. The fraction of sp³-hybridized carbons (Fsp3) is 0.267. The number of rotatable bonds is 5. The van der Waals surface area contributed by atoms with Gasteiger partial charge in [-0.2, -0.15) is 0 Å². The quantitative estimate of drug-likeness (QED) is 0.377. The molecule has 110 valence electrons. The van der Waals surface area contributed by atoms with Crippen molar-refractivity contribution in [3.8, 4) is 0 Å². The first-order chi connectivity index (χ1) is 10.2. The summed E-state index contributed by atoms with van der Waals surface area (Å²) in [7, 11) is 0. The molecule has 0 bridgehead atoms. The second-order valence-electron chi connectivity index (χ2n) is 4.71. The van der Waals surface area contributed by atoms with E-state index in [2.05, 4.69) is 51.4 Å². The standard InChI is InChI=1S/C15H13Cl2IN2S/c16-7-5-15-19-12-9-10(18)1-3-13(12)20(15)8-6-11-2-4-14(17)21-11/h1-4,9H,5-8H2. The molecule has 0 spiro atoms. The number of aryl methyl sites for hydroxylation is 3. The van der Waals surface area contributed by atoms with E-state index in [-0.39, 0.29) is 0 Å². The van der Waals surface area contributed by atoms with Crippen molar-refractivity contribution < 1.29 is 0 Å². The summed E-state index contributed by atoms with van der Waals surface area (Å²) in [4.78, 5) is 6.03. The average Bonchev–Trinajstić information content (AvgIpc) is 3.00. The lowest BCUT2D eigenvalue weighted by molar-refractivity contribution is 0.679. The number of nitrogens with zero attached hydrogens (tertiary/aromatic N) is 2. The molecule has 0 amide bonds. The minimum absolute atomic E-state index is 0.589. The van der Waals surface area contributed by atoms with E-state index in [4.69, 9.17) is 28.2 Å². The number of hydrogen-bond donors (Lipinski definition) is 0. The summed E-state index contributed by atoms with van der Waals surface area (Å²) < 4.78 is 4.32. The van der Waals surface area contributed by atoms with Crippen LogP contribution in [0.5, 0.6) is 0 Å². The lowest BCUT2D eigenvalue weighted by Crippen LogP contribution is -2.06. The first kappa shape index (κ1) is 15.6. The van der Waals surface area contributed by atoms with E-state index in [0.717, 1.165) is 35.1 Å². The van der Waals surface area contributed by atoms with Crippen LogP contribution >= 0.6 is 57.1 Å². The molecular weight excluding hydrogens is 438 g/mol. The summed E-state index contributed by atoms with van der Waals surface area (Å²) in [5.74, 6) is 1.65. The highest BCUT2D eigenvalue weighted by Crippen LogP contribution is 2.24. The Morgan fingerprint density at radius 2 is 2.05 bits per heavy atom. The first-order valence-corrected chi connectivity index (χ1v) is 9.43. The molecule has 0 aliphatic rings. The Morgan fingerprint density at radius 3 is 2.76 bits per heavy atom. The van der Waals surface area contributed by atoms with Crippen LogP contribution in [0.4, 0.5) is 0 Å². The van der Waals surface area contributed by atoms with Gasteiger partial charge in [-0.05, 0) is 59.3 Å². The van der Waals surface area contributed by atoms with Crippen molar-refractivity contribution in [3.63, 3.8) is 0 Å². The van der Waals surface area contributed by atoms with Gasteiger partial charge >= 0.3 is 0 Å². The Hall–Kier alpha value is -0.300. The Balaban J connectivity index is 1.92. The van der Waals surface area contributed by atoms with Crippen LogP contribution in [-0.4, -0.2) is 15.4 Å². The topological polar surface area (TPSA) is 17.8 Å². The maximum atomic E-state index is 6.00. The summed E-state index contributed by atoms with van der Waals surface area (Å²) >= 11 is 15.9. The SMILES string of the molecule is ClCCc1nc2cc(I)ccc2n1CCc1ccc(Cl)s1. The van der Waals surface area contributed by atoms with Gasteiger partial charge in [0, 0.05) is 27.3 Å². The van der Waals surface area contributed by atoms with Gasteiger partial charge in [0.25, 0.3) is 0 Å². The molecule has 0 aliphatic heterocycles. The van der Waals surface area contributed by atoms with Crippen molar-refractivity contribution in [1.82, 2.24) is 9.55 Å². The van der Waals surface area contributed by atoms with Crippen molar-refractivity contribution in [2.75, 3.05) is 5.88 Å². The largest absolute Gasteiger partial charge is 0.328 e. The van der Waals surface area contributed by atoms with Crippen molar-refractivity contribution in [1.29, 1.82) is 0 Å². The second kappa shape index (κ2) is 6.86. The molecule has 0 radical (unpaired) electrons. The third-order valence-electron chi connectivity index (χ3n) is 3.32. The molecule has 2 heterocycles. The van der Waals surface area contributed by atoms with E-state index < -0.39 is 0 Å². The summed E-state index contributed by atoms with van der Waals surface area (Å²) in [5.41, 5.74) is 2.23. The van der Waals surface area contributed by atoms with Crippen LogP contribution in [0, 0.1) is 3.57 Å². The molecule has 3 rings (SSSR count). The van der Waals surface area contributed by atoms with Gasteiger partial charge in [0.2, 0.25) is 0 Å². The molecule has 0 unspecified atom stereocenters. The average molecular weight is 451 g/mol. The molecule has 0 aliphatic carbocycles. The van der Waals surface area contributed by atoms with Crippen LogP contribution in [0.25, 0.3) is 11.0 Å². The Labute approximate surface area is 151 Å². The second-order valence-corrected chi connectivity index (χ2v) is 8.13. The van der Waals surface area contributed by atoms with Crippen molar-refractivity contribution >= 4 is 68.2 Å². The number of halogens is 3. The van der Waals surface area contributed by atoms with E-state index in [1.54, 1.807) is 11.3 Å². The zero-order chi connectivity index (χ0) is 14.8. The normalized spacial score (nSPS) is 11.4. The molecule has 0 fully saturated rings. The maximum absolute atomic E-state index is 6.00. The van der Waals surface area contributed by atoms with E-state index in [9.17, 15) is 0 Å². The van der Waals surface area contributed by atoms with E-state index in [0.29, 0.717) is 5.88 Å². The smallest absolute Gasteiger partial charge is 0.111 e. The van der Waals surface area contributed by atoms with Gasteiger partial charge in [-0.3, -0.25) is 0 Å². The number of imidazole rings is 1. The lowest BCUT2D eigenvalue weighted by atomic mass is 10.3. The summed E-state index contributed by atoms with van der Waals surface area (Å²) in [6.07, 6.45) is 1.75. The Bertz CT molecular complexity index is 766. The number of hydrogen-bond acceptors (Lipinski definition) is 2. The summed E-state index contributed by atoms with van der Waals surface area (Å²) in [6, 6.07) is 10.4. The van der Waals surface area contributed by atoms with Crippen LogP contribution in [0.2, 0.25) is 4.34 Å². The maximum Gasteiger partial charge on any atom is 0.111 e. The predicted molar refractivity (Wildman–Crippen MR) is 99.9 cm³/mol. The molecule has 2 aromatic heterocycles. The molecule has 21 heavy (non-hydrogen) atoms. The van der Waals surface area contributed by atoms with Crippen LogP contribution in [0.3, 0.4) is 0 Å². The van der Waals surface area contributed by atoms with Crippen molar-refractivity contribution in [2.45, 2.75) is 19.4 Å². The summed E-state index contributed by atoms with van der Waals surface area (Å²) in [5, 5.41) is 0. The summed E-state index contributed by atoms with van der Waals surface area (Å²) in [6.45, 7) is 0.903. The van der Waals surface area contributed by atoms with Crippen LogP contribution in [-0.2, 0) is 19.4 Å². The third-order valence-corrected chi connectivity index (χ3v) is 5.47. The van der Waals surface area contributed by atoms with Crippen LogP contribution < -0.4 is 0 Å². The van der Waals surface area contributed by atoms with Crippen molar-refractivity contribution in [3.05, 3.63) is 48.9 Å². The monoisotopic (exact) mass is 450 g/mol. The number of thiophene rings is 1. The highest BCUT2D eigenvalue weighted by molar-refractivity contribution is 14.1. The lowest BCUT2D eigenvalue weighted by Gasteiger charge is -2.07. The zero-order valence-electron chi connectivity index (χ0n) is 11.2. The predicted octanol–water partition coefficient (Wildman–Crippen LogP) is 5.38. The molecule has 0 N–H and O–H groups in total. The Morgan fingerprint density at radius 1 is 1.19 bits per heavy atom. The molecule has 0 saturated carbocycles. The molecule has 0 saturated heterocycles. The van der Waals surface area contributed by atoms with Gasteiger partial charge in [-0.15, -0.1) is 22.9 Å². The van der Waals surface area contributed by atoms with Crippen LogP contribution in [0.15, 0.2) is 30.3 Å². The highest BCUT2D eigenvalue weighted by Gasteiger charge is 2.11. The molecule has 3 aromatic rings. The van der Waals surface area contributed by atoms with Crippen molar-refractivity contribution in [2.24, 2.45) is 0 Å². The van der Waals surface area contributed by atoms with Gasteiger partial charge < -0.3 is 4.57 Å². The van der Waals surface area contributed by atoms with E-state index >= 15 is 0 Å². The van der Waals surface area contributed by atoms with Gasteiger partial charge in [-0.25, -0.2) is 4.98 Å². The van der Waals surface area contributed by atoms with Gasteiger partial charge in [0.05, 0.1) is 15.4 Å². The molecule has 6 heteroatoms. The minimum Gasteiger partial charge on any atom is -0.328 e. The van der Waals surface area contributed by atoms with Gasteiger partial charge in [0.1, 0.15) is 5.82 Å². The Kier molecular flexibility index (Phi) is 5.09.